The minimum atomic E-state index is 0. The monoisotopic (exact) mass is 150 g/mol. The molecule has 0 aromatic heterocycles. The van der Waals surface area contributed by atoms with Gasteiger partial charge in [0.25, 0.3) is 0 Å². The summed E-state index contributed by atoms with van der Waals surface area (Å²) in [4.78, 5) is 0. The predicted octanol–water partition coefficient (Wildman–Crippen LogP) is 0.637. The van der Waals surface area contributed by atoms with Crippen LogP contribution in [-0.4, -0.2) is 12.1 Å². The molecule has 2 atom stereocenters. The van der Waals surface area contributed by atoms with Crippen molar-refractivity contribution in [2.24, 2.45) is 11.5 Å². The highest BCUT2D eigenvalue weighted by Crippen LogP contribution is 2.14. The van der Waals surface area contributed by atoms with E-state index in [1.54, 1.807) is 0 Å². The van der Waals surface area contributed by atoms with E-state index in [-0.39, 0.29) is 24.5 Å². The van der Waals surface area contributed by atoms with Gasteiger partial charge in [0.1, 0.15) is 0 Å². The van der Waals surface area contributed by atoms with E-state index in [0.717, 1.165) is 12.8 Å². The molecule has 1 fully saturated rings. The molecule has 0 saturated heterocycles. The van der Waals surface area contributed by atoms with Gasteiger partial charge in [-0.2, -0.15) is 0 Å². The van der Waals surface area contributed by atoms with Crippen molar-refractivity contribution >= 4 is 12.4 Å². The molecule has 2 nitrogen and oxygen atoms in total. The Morgan fingerprint density at radius 3 is 1.44 bits per heavy atom. The SMILES string of the molecule is Cl.NC1CCCC[C@H]1N. The lowest BCUT2D eigenvalue weighted by atomic mass is 9.92. The van der Waals surface area contributed by atoms with Crippen molar-refractivity contribution in [3.05, 3.63) is 0 Å². The van der Waals surface area contributed by atoms with Crippen LogP contribution in [-0.2, 0) is 0 Å². The molecule has 0 spiro atoms. The topological polar surface area (TPSA) is 52.0 Å². The zero-order chi connectivity index (χ0) is 5.98. The molecule has 9 heavy (non-hydrogen) atoms. The van der Waals surface area contributed by atoms with Crippen LogP contribution in [0.2, 0.25) is 0 Å². The molecule has 56 valence electrons. The van der Waals surface area contributed by atoms with E-state index in [1.807, 2.05) is 0 Å². The Bertz CT molecular complexity index is 67.5. The summed E-state index contributed by atoms with van der Waals surface area (Å²) in [6.07, 6.45) is 4.80. The second kappa shape index (κ2) is 4.09. The number of hydrogen-bond acceptors (Lipinski definition) is 2. The zero-order valence-corrected chi connectivity index (χ0v) is 6.36. The normalized spacial score (nSPS) is 35.3. The van der Waals surface area contributed by atoms with Gasteiger partial charge in [0.05, 0.1) is 0 Å². The maximum absolute atomic E-state index is 5.65. The first-order chi connectivity index (χ1) is 3.80. The Kier molecular flexibility index (Phi) is 4.19. The van der Waals surface area contributed by atoms with Crippen LogP contribution in [0.3, 0.4) is 0 Å². The summed E-state index contributed by atoms with van der Waals surface area (Å²) in [5, 5.41) is 0. The summed E-state index contributed by atoms with van der Waals surface area (Å²) in [6, 6.07) is 0.562. The van der Waals surface area contributed by atoms with Crippen molar-refractivity contribution in [1.29, 1.82) is 0 Å². The number of hydrogen-bond donors (Lipinski definition) is 2. The van der Waals surface area contributed by atoms with Crippen molar-refractivity contribution in [1.82, 2.24) is 0 Å². The fourth-order valence-electron chi connectivity index (χ4n) is 1.19. The third kappa shape index (κ3) is 2.52. The first kappa shape index (κ1) is 9.21. The Balaban J connectivity index is 0.000000640. The highest BCUT2D eigenvalue weighted by atomic mass is 35.5. The average Bonchev–Trinajstić information content (AvgIpc) is 1.77. The van der Waals surface area contributed by atoms with Crippen molar-refractivity contribution in [2.45, 2.75) is 37.8 Å². The lowest BCUT2D eigenvalue weighted by Gasteiger charge is -2.24. The molecule has 0 aliphatic heterocycles. The van der Waals surface area contributed by atoms with Crippen LogP contribution in [0.1, 0.15) is 25.7 Å². The molecule has 1 saturated carbocycles. The fourth-order valence-corrected chi connectivity index (χ4v) is 1.19. The highest BCUT2D eigenvalue weighted by Gasteiger charge is 2.16. The average molecular weight is 151 g/mol. The lowest BCUT2D eigenvalue weighted by Crippen LogP contribution is -2.43. The van der Waals surface area contributed by atoms with Crippen molar-refractivity contribution in [3.8, 4) is 0 Å². The van der Waals surface area contributed by atoms with Crippen LogP contribution in [0, 0.1) is 0 Å². The largest absolute Gasteiger partial charge is 0.326 e. The third-order valence-corrected chi connectivity index (χ3v) is 1.87. The lowest BCUT2D eigenvalue weighted by molar-refractivity contribution is 0.385. The molecule has 0 amide bonds. The second-order valence-corrected chi connectivity index (χ2v) is 2.61. The molecular formula is C6H15ClN2. The third-order valence-electron chi connectivity index (χ3n) is 1.87. The van der Waals surface area contributed by atoms with Gasteiger partial charge in [-0.1, -0.05) is 12.8 Å². The Hall–Kier alpha value is 0.210. The molecule has 1 rings (SSSR count). The Labute approximate surface area is 62.4 Å². The minimum Gasteiger partial charge on any atom is -0.326 e. The van der Waals surface area contributed by atoms with Gasteiger partial charge < -0.3 is 11.5 Å². The van der Waals surface area contributed by atoms with E-state index in [9.17, 15) is 0 Å². The van der Waals surface area contributed by atoms with Crippen LogP contribution >= 0.6 is 12.4 Å². The summed E-state index contributed by atoms with van der Waals surface area (Å²) >= 11 is 0. The van der Waals surface area contributed by atoms with Crippen LogP contribution < -0.4 is 11.5 Å². The van der Waals surface area contributed by atoms with E-state index >= 15 is 0 Å². The maximum atomic E-state index is 5.65. The molecular weight excluding hydrogens is 136 g/mol. The first-order valence-electron chi connectivity index (χ1n) is 3.32. The zero-order valence-electron chi connectivity index (χ0n) is 5.55. The standard InChI is InChI=1S/C6H14N2.ClH/c7-5-3-1-2-4-6(5)8;/h5-6H,1-4,7-8H2;1H/t5-,6?;/m1./s1. The van der Waals surface area contributed by atoms with Crippen molar-refractivity contribution in [3.63, 3.8) is 0 Å². The number of halogens is 1. The van der Waals surface area contributed by atoms with Gasteiger partial charge in [0.15, 0.2) is 0 Å². The van der Waals surface area contributed by atoms with E-state index in [0.29, 0.717) is 0 Å². The van der Waals surface area contributed by atoms with E-state index in [2.05, 4.69) is 0 Å². The van der Waals surface area contributed by atoms with Crippen LogP contribution in [0.5, 0.6) is 0 Å². The van der Waals surface area contributed by atoms with Gasteiger partial charge in [-0.25, -0.2) is 0 Å². The van der Waals surface area contributed by atoms with Gasteiger partial charge in [0, 0.05) is 12.1 Å². The van der Waals surface area contributed by atoms with Crippen molar-refractivity contribution in [2.75, 3.05) is 0 Å². The first-order valence-corrected chi connectivity index (χ1v) is 3.32. The molecule has 1 aliphatic carbocycles. The number of nitrogens with two attached hydrogens (primary N) is 2. The quantitative estimate of drug-likeness (QED) is 0.533. The summed E-state index contributed by atoms with van der Waals surface area (Å²) in [5.74, 6) is 0. The molecule has 1 unspecified atom stereocenters. The fraction of sp³-hybridized carbons (Fsp3) is 1.00. The summed E-state index contributed by atoms with van der Waals surface area (Å²) in [6.45, 7) is 0. The highest BCUT2D eigenvalue weighted by molar-refractivity contribution is 5.85. The van der Waals surface area contributed by atoms with Gasteiger partial charge in [0.2, 0.25) is 0 Å². The van der Waals surface area contributed by atoms with E-state index < -0.39 is 0 Å². The van der Waals surface area contributed by atoms with Crippen LogP contribution in [0.15, 0.2) is 0 Å². The molecule has 1 aliphatic rings. The van der Waals surface area contributed by atoms with Gasteiger partial charge in [-0.3, -0.25) is 0 Å². The van der Waals surface area contributed by atoms with E-state index in [4.69, 9.17) is 11.5 Å². The summed E-state index contributed by atoms with van der Waals surface area (Å²) in [7, 11) is 0. The van der Waals surface area contributed by atoms with Crippen molar-refractivity contribution < 1.29 is 0 Å². The van der Waals surface area contributed by atoms with E-state index in [1.165, 1.54) is 12.8 Å². The molecule has 0 aromatic carbocycles. The maximum Gasteiger partial charge on any atom is 0.0192 e. The predicted molar refractivity (Wildman–Crippen MR) is 41.7 cm³/mol. The molecule has 0 aromatic rings. The van der Waals surface area contributed by atoms with Crippen LogP contribution in [0.25, 0.3) is 0 Å². The van der Waals surface area contributed by atoms with Crippen LogP contribution in [0.4, 0.5) is 0 Å². The summed E-state index contributed by atoms with van der Waals surface area (Å²) in [5.41, 5.74) is 11.3. The molecule has 0 radical (unpaired) electrons. The summed E-state index contributed by atoms with van der Waals surface area (Å²) < 4.78 is 0. The Morgan fingerprint density at radius 1 is 0.889 bits per heavy atom. The van der Waals surface area contributed by atoms with Gasteiger partial charge in [-0.15, -0.1) is 12.4 Å². The Morgan fingerprint density at radius 2 is 1.22 bits per heavy atom. The minimum absolute atomic E-state index is 0. The molecule has 0 heterocycles. The molecule has 3 heteroatoms. The molecule has 0 bridgehead atoms. The molecule has 4 N–H and O–H groups in total. The second-order valence-electron chi connectivity index (χ2n) is 2.61. The van der Waals surface area contributed by atoms with Gasteiger partial charge >= 0.3 is 0 Å². The smallest absolute Gasteiger partial charge is 0.0192 e. The number of rotatable bonds is 0. The van der Waals surface area contributed by atoms with Gasteiger partial charge in [-0.05, 0) is 12.8 Å².